The molecule has 0 saturated carbocycles. The van der Waals surface area contributed by atoms with Gasteiger partial charge in [0.25, 0.3) is 5.97 Å². The monoisotopic (exact) mass is 329 g/mol. The van der Waals surface area contributed by atoms with Crippen LogP contribution in [0, 0.1) is 0 Å². The molecule has 0 saturated heterocycles. The zero-order chi connectivity index (χ0) is 17.8. The second kappa shape index (κ2) is 21.4. The fourth-order valence-electron chi connectivity index (χ4n) is 2.62. The van der Waals surface area contributed by atoms with Crippen LogP contribution < -0.4 is 0 Å². The number of rotatable bonds is 15. The van der Waals surface area contributed by atoms with Crippen molar-refractivity contribution in [2.45, 2.75) is 104 Å². The molecular formula is C20H43NO2. The number of unbranched alkanes of at least 4 members (excludes halogenated alkanes) is 13. The average Bonchev–Trinajstić information content (AvgIpc) is 2.47. The first-order valence-corrected chi connectivity index (χ1v) is 9.85. The third-order valence-corrected chi connectivity index (χ3v) is 3.96. The summed E-state index contributed by atoms with van der Waals surface area (Å²) in [5.74, 6) is -0.833. The van der Waals surface area contributed by atoms with E-state index in [-0.39, 0.29) is 0 Å². The Balaban J connectivity index is 0. The van der Waals surface area contributed by atoms with Gasteiger partial charge < -0.3 is 10.0 Å². The van der Waals surface area contributed by atoms with Crippen LogP contribution in [0.3, 0.4) is 0 Å². The highest BCUT2D eigenvalue weighted by Gasteiger charge is 1.94. The summed E-state index contributed by atoms with van der Waals surface area (Å²) >= 11 is 0. The fourth-order valence-corrected chi connectivity index (χ4v) is 2.62. The van der Waals surface area contributed by atoms with Crippen LogP contribution in [-0.2, 0) is 4.79 Å². The summed E-state index contributed by atoms with van der Waals surface area (Å²) in [6.45, 7) is 4.64. The van der Waals surface area contributed by atoms with E-state index in [4.69, 9.17) is 9.90 Å². The van der Waals surface area contributed by atoms with Crippen molar-refractivity contribution in [3.63, 3.8) is 0 Å². The molecule has 23 heavy (non-hydrogen) atoms. The molecule has 0 aliphatic heterocycles. The number of hydrogen-bond acceptors (Lipinski definition) is 2. The molecule has 0 aliphatic rings. The Labute approximate surface area is 145 Å². The molecule has 0 unspecified atom stereocenters. The predicted octanol–water partition coefficient (Wildman–Crippen LogP) is 6.12. The Morgan fingerprint density at radius 3 is 1.22 bits per heavy atom. The SMILES string of the molecule is CC(=O)O.CCCCCCCCCCCCCCCCN(C)C. The molecule has 0 fully saturated rings. The Kier molecular flexibility index (Phi) is 23.0. The largest absolute Gasteiger partial charge is 0.481 e. The third kappa shape index (κ3) is 34.0. The number of hydrogen-bond donors (Lipinski definition) is 1. The van der Waals surface area contributed by atoms with Crippen LogP contribution in [0.4, 0.5) is 0 Å². The van der Waals surface area contributed by atoms with E-state index >= 15 is 0 Å². The van der Waals surface area contributed by atoms with E-state index in [2.05, 4.69) is 25.9 Å². The molecular weight excluding hydrogens is 286 g/mol. The average molecular weight is 330 g/mol. The molecule has 0 heterocycles. The zero-order valence-corrected chi connectivity index (χ0v) is 16.4. The van der Waals surface area contributed by atoms with E-state index < -0.39 is 5.97 Å². The first-order valence-electron chi connectivity index (χ1n) is 9.85. The molecule has 3 heteroatoms. The number of aliphatic carboxylic acids is 1. The smallest absolute Gasteiger partial charge is 0.300 e. The maximum Gasteiger partial charge on any atom is 0.300 e. The first-order chi connectivity index (χ1) is 11.0. The van der Waals surface area contributed by atoms with Crippen LogP contribution in [0.2, 0.25) is 0 Å². The van der Waals surface area contributed by atoms with Gasteiger partial charge in [0, 0.05) is 6.92 Å². The topological polar surface area (TPSA) is 40.5 Å². The van der Waals surface area contributed by atoms with Crippen LogP contribution >= 0.6 is 0 Å². The van der Waals surface area contributed by atoms with Gasteiger partial charge in [0.05, 0.1) is 0 Å². The van der Waals surface area contributed by atoms with E-state index in [1.807, 2.05) is 0 Å². The van der Waals surface area contributed by atoms with E-state index in [0.29, 0.717) is 0 Å². The molecule has 0 atom stereocenters. The van der Waals surface area contributed by atoms with Crippen molar-refractivity contribution >= 4 is 5.97 Å². The molecule has 0 radical (unpaired) electrons. The van der Waals surface area contributed by atoms with Crippen molar-refractivity contribution in [3.05, 3.63) is 0 Å². The quantitative estimate of drug-likeness (QED) is 0.368. The zero-order valence-electron chi connectivity index (χ0n) is 16.4. The van der Waals surface area contributed by atoms with Gasteiger partial charge >= 0.3 is 0 Å². The summed E-state index contributed by atoms with van der Waals surface area (Å²) in [5, 5.41) is 7.42. The van der Waals surface area contributed by atoms with Crippen LogP contribution in [0.25, 0.3) is 0 Å². The van der Waals surface area contributed by atoms with Crippen LogP contribution in [0.1, 0.15) is 104 Å². The van der Waals surface area contributed by atoms with E-state index in [0.717, 1.165) is 6.92 Å². The van der Waals surface area contributed by atoms with Gasteiger partial charge in [-0.1, -0.05) is 90.4 Å². The van der Waals surface area contributed by atoms with Gasteiger partial charge in [-0.15, -0.1) is 0 Å². The summed E-state index contributed by atoms with van der Waals surface area (Å²) in [4.78, 5) is 11.3. The standard InChI is InChI=1S/C18H39N.C2H4O2/c1-4-5-6-7-8-9-10-11-12-13-14-15-16-17-18-19(2)3;1-2(3)4/h4-18H2,1-3H3;1H3,(H,3,4). The van der Waals surface area contributed by atoms with Gasteiger partial charge in [0.1, 0.15) is 0 Å². The number of carbonyl (C=O) groups is 1. The van der Waals surface area contributed by atoms with Gasteiger partial charge in [-0.3, -0.25) is 4.79 Å². The second-order valence-corrected chi connectivity index (χ2v) is 6.92. The highest BCUT2D eigenvalue weighted by Crippen LogP contribution is 2.12. The lowest BCUT2D eigenvalue weighted by atomic mass is 10.0. The van der Waals surface area contributed by atoms with Crippen LogP contribution in [0.15, 0.2) is 0 Å². The van der Waals surface area contributed by atoms with Crippen molar-refractivity contribution in [1.82, 2.24) is 4.90 Å². The molecule has 0 aliphatic carbocycles. The van der Waals surface area contributed by atoms with Crippen molar-refractivity contribution in [2.24, 2.45) is 0 Å². The first kappa shape index (κ1) is 24.7. The van der Waals surface area contributed by atoms with Crippen molar-refractivity contribution < 1.29 is 9.90 Å². The molecule has 0 aromatic heterocycles. The van der Waals surface area contributed by atoms with Crippen molar-refractivity contribution in [2.75, 3.05) is 20.6 Å². The van der Waals surface area contributed by atoms with Crippen molar-refractivity contribution in [3.8, 4) is 0 Å². The number of carboxylic acids is 1. The molecule has 1 N–H and O–H groups in total. The van der Waals surface area contributed by atoms with E-state index in [1.54, 1.807) is 0 Å². The maximum absolute atomic E-state index is 9.00. The minimum absolute atomic E-state index is 0.833. The van der Waals surface area contributed by atoms with E-state index in [1.165, 1.54) is 96.4 Å². The van der Waals surface area contributed by atoms with E-state index in [9.17, 15) is 0 Å². The molecule has 0 rings (SSSR count). The molecule has 0 aromatic carbocycles. The lowest BCUT2D eigenvalue weighted by Crippen LogP contribution is -2.12. The predicted molar refractivity (Wildman–Crippen MR) is 102 cm³/mol. The second-order valence-electron chi connectivity index (χ2n) is 6.92. The Morgan fingerprint density at radius 1 is 0.696 bits per heavy atom. The van der Waals surface area contributed by atoms with Gasteiger partial charge in [0.2, 0.25) is 0 Å². The summed E-state index contributed by atoms with van der Waals surface area (Å²) < 4.78 is 0. The van der Waals surface area contributed by atoms with Gasteiger partial charge in [-0.25, -0.2) is 0 Å². The summed E-state index contributed by atoms with van der Waals surface area (Å²) in [7, 11) is 4.34. The minimum Gasteiger partial charge on any atom is -0.481 e. The molecule has 0 aromatic rings. The summed E-state index contributed by atoms with van der Waals surface area (Å²) in [6, 6.07) is 0. The van der Waals surface area contributed by atoms with Gasteiger partial charge in [-0.2, -0.15) is 0 Å². The maximum atomic E-state index is 9.00. The fraction of sp³-hybridized carbons (Fsp3) is 0.950. The highest BCUT2D eigenvalue weighted by atomic mass is 16.4. The van der Waals surface area contributed by atoms with Gasteiger partial charge in [-0.05, 0) is 27.1 Å². The third-order valence-electron chi connectivity index (χ3n) is 3.96. The lowest BCUT2D eigenvalue weighted by Gasteiger charge is -2.08. The molecule has 0 amide bonds. The Hall–Kier alpha value is -0.570. The van der Waals surface area contributed by atoms with Crippen LogP contribution in [0.5, 0.6) is 0 Å². The van der Waals surface area contributed by atoms with Crippen LogP contribution in [-0.4, -0.2) is 36.6 Å². The molecule has 0 bridgehead atoms. The number of nitrogens with zero attached hydrogens (tertiary/aromatic N) is 1. The number of carboxylic acid groups (broad SMARTS) is 1. The Morgan fingerprint density at radius 2 is 0.957 bits per heavy atom. The molecule has 3 nitrogen and oxygen atoms in total. The normalized spacial score (nSPS) is 10.5. The summed E-state index contributed by atoms with van der Waals surface area (Å²) in [5.41, 5.74) is 0. The van der Waals surface area contributed by atoms with Crippen molar-refractivity contribution in [1.29, 1.82) is 0 Å². The minimum atomic E-state index is -0.833. The summed E-state index contributed by atoms with van der Waals surface area (Å²) in [6.07, 6.45) is 20.3. The highest BCUT2D eigenvalue weighted by molar-refractivity contribution is 5.62. The molecule has 0 spiro atoms. The lowest BCUT2D eigenvalue weighted by molar-refractivity contribution is -0.134. The Bertz CT molecular complexity index is 226. The molecule has 140 valence electrons. The van der Waals surface area contributed by atoms with Gasteiger partial charge in [0.15, 0.2) is 0 Å².